The monoisotopic (exact) mass is 970 g/mol. The molecule has 0 bridgehead atoms. The summed E-state index contributed by atoms with van der Waals surface area (Å²) in [4.78, 5) is 24.4. The number of ether oxygens (including phenoxy) is 4. The Bertz CT molecular complexity index is 2990. The van der Waals surface area contributed by atoms with Crippen LogP contribution in [0.3, 0.4) is 0 Å². The first-order valence-corrected chi connectivity index (χ1v) is 24.3. The molecule has 2 aromatic carbocycles. The Morgan fingerprint density at radius 1 is 0.606 bits per heavy atom. The summed E-state index contributed by atoms with van der Waals surface area (Å²) in [6.07, 6.45) is 11.6. The van der Waals surface area contributed by atoms with E-state index >= 15 is 17.3 Å². The molecule has 370 valence electrons. The van der Waals surface area contributed by atoms with Crippen molar-refractivity contribution in [3.8, 4) is 22.6 Å². The molecule has 10 nitrogen and oxygen atoms in total. The molecule has 1 aliphatic carbocycles. The van der Waals surface area contributed by atoms with E-state index in [0.717, 1.165) is 51.3 Å². The van der Waals surface area contributed by atoms with Crippen molar-refractivity contribution in [2.24, 2.45) is 0 Å². The predicted octanol–water partition coefficient (Wildman–Crippen LogP) is 12.0. The van der Waals surface area contributed by atoms with E-state index in [0.29, 0.717) is 69.7 Å². The fourth-order valence-electron chi connectivity index (χ4n) is 10.9. The fraction of sp³-hybridized carbons (Fsp3) is 0.345. The zero-order valence-electron chi connectivity index (χ0n) is 42.5. The summed E-state index contributed by atoms with van der Waals surface area (Å²) < 4.78 is 97.8. The van der Waals surface area contributed by atoms with Crippen LogP contribution in [0.25, 0.3) is 35.4 Å². The van der Waals surface area contributed by atoms with Gasteiger partial charge >= 0.3 is 25.9 Å². The molecular formula is C55H60B2F4N4O6. The second-order valence-electron chi connectivity index (χ2n) is 21.2. The van der Waals surface area contributed by atoms with Crippen LogP contribution in [0.2, 0.25) is 0 Å². The normalized spacial score (nSPS) is 18.4. The summed E-state index contributed by atoms with van der Waals surface area (Å²) in [5.74, 6) is -0.0695. The highest BCUT2D eigenvalue weighted by atomic mass is 19.3. The molecule has 0 saturated carbocycles. The minimum Gasteiger partial charge on any atom is -0.482 e. The van der Waals surface area contributed by atoms with Crippen LogP contribution in [0.15, 0.2) is 107 Å². The Labute approximate surface area is 412 Å². The third kappa shape index (κ3) is 8.46. The van der Waals surface area contributed by atoms with E-state index in [4.69, 9.17) is 18.9 Å². The summed E-state index contributed by atoms with van der Waals surface area (Å²) in [5.41, 5.74) is 5.76. The van der Waals surface area contributed by atoms with Gasteiger partial charge in [-0.25, -0.2) is 9.59 Å². The van der Waals surface area contributed by atoms with Crippen LogP contribution in [0, 0.1) is 0 Å². The van der Waals surface area contributed by atoms with Gasteiger partial charge in [0.15, 0.2) is 36.0 Å². The number of rotatable bonds is 12. The minimum absolute atomic E-state index is 0.254. The van der Waals surface area contributed by atoms with Crippen molar-refractivity contribution in [3.63, 3.8) is 0 Å². The van der Waals surface area contributed by atoms with Crippen molar-refractivity contribution in [1.82, 2.24) is 8.96 Å². The number of hydrogen-bond donors (Lipinski definition) is 0. The molecule has 16 heteroatoms. The molecule has 9 rings (SSSR count). The lowest BCUT2D eigenvalue weighted by Crippen LogP contribution is -2.53. The average molecular weight is 971 g/mol. The lowest BCUT2D eigenvalue weighted by atomic mass is 9.81. The van der Waals surface area contributed by atoms with Gasteiger partial charge in [0.1, 0.15) is 22.7 Å². The minimum atomic E-state index is -4.54. The average Bonchev–Trinajstić information content (AvgIpc) is 4.05. The molecule has 6 heterocycles. The number of allylic oxidation sites excluding steroid dienone is 6. The molecule has 71 heavy (non-hydrogen) atoms. The number of benzene rings is 2. The van der Waals surface area contributed by atoms with Crippen molar-refractivity contribution < 1.29 is 54.8 Å². The third-order valence-electron chi connectivity index (χ3n) is 13.6. The van der Waals surface area contributed by atoms with Crippen LogP contribution in [0.1, 0.15) is 130 Å². The maximum absolute atomic E-state index is 17.9. The van der Waals surface area contributed by atoms with Gasteiger partial charge in [0, 0.05) is 85.9 Å². The number of carbonyl (C=O) groups is 2. The van der Waals surface area contributed by atoms with E-state index in [9.17, 15) is 9.59 Å². The van der Waals surface area contributed by atoms with Gasteiger partial charge in [-0.1, -0.05) is 38.1 Å². The molecule has 4 aliphatic heterocycles. The number of carbonyl (C=O) groups excluding carboxylic acids is 2. The lowest BCUT2D eigenvalue weighted by molar-refractivity contribution is -0.362. The summed E-state index contributed by atoms with van der Waals surface area (Å²) in [6, 6.07) is 17.4. The lowest BCUT2D eigenvalue weighted by Gasteiger charge is -2.37. The Kier molecular flexibility index (Phi) is 11.9. The van der Waals surface area contributed by atoms with Gasteiger partial charge in [-0.3, -0.25) is 0 Å². The van der Waals surface area contributed by atoms with Crippen LogP contribution in [-0.4, -0.2) is 79.6 Å². The molecule has 2 aromatic heterocycles. The Morgan fingerprint density at radius 3 is 1.28 bits per heavy atom. The van der Waals surface area contributed by atoms with Crippen LogP contribution >= 0.6 is 0 Å². The Morgan fingerprint density at radius 2 is 0.958 bits per heavy atom. The number of halogens is 4. The fourth-order valence-corrected chi connectivity index (χ4v) is 10.9. The molecule has 0 fully saturated rings. The van der Waals surface area contributed by atoms with Gasteiger partial charge in [-0.2, -0.15) is 0 Å². The number of esters is 2. The first-order valence-electron chi connectivity index (χ1n) is 24.3. The first kappa shape index (κ1) is 49.2. The molecule has 0 radical (unpaired) electrons. The topological polar surface area (TPSA) is 86.9 Å². The van der Waals surface area contributed by atoms with E-state index in [1.165, 1.54) is 0 Å². The van der Waals surface area contributed by atoms with Crippen LogP contribution < -0.4 is 9.47 Å². The molecular weight excluding hydrogens is 910 g/mol. The zero-order valence-corrected chi connectivity index (χ0v) is 42.5. The molecule has 0 N–H and O–H groups in total. The largest absolute Gasteiger partial charge is 0.737 e. The van der Waals surface area contributed by atoms with Gasteiger partial charge < -0.3 is 54.1 Å². The highest BCUT2D eigenvalue weighted by Gasteiger charge is 2.61. The zero-order chi connectivity index (χ0) is 51.3. The van der Waals surface area contributed by atoms with Crippen molar-refractivity contribution >= 4 is 61.6 Å². The number of nitrogens with zero attached hydrogens (tertiary/aromatic N) is 4. The molecule has 0 atom stereocenters. The maximum atomic E-state index is 17.9. The van der Waals surface area contributed by atoms with E-state index < -0.39 is 42.5 Å². The standard InChI is InChI=1S/C55H60B2F4N4O6/c1-13-41-33(3)47-29-37-27-43-44-28-38-30-48-34(4)42(14-2)46(26-20-36-17-23-40(24-18-36)69-32-50(67)71-54(8,9)10)65(48)57(60,61)63(38)52(44)55(11,12)51(43)62(37)56(58,59)64(47)45(41)25-19-35-15-21-39(22-16-35)68-31-49(66)70-53(5,6)7/h15-30H,13-14,31-32H2,1-12H3/b25-19+,26-20+. The van der Waals surface area contributed by atoms with E-state index in [1.807, 2.05) is 27.7 Å². The van der Waals surface area contributed by atoms with E-state index in [-0.39, 0.29) is 24.6 Å². The number of aromatic nitrogens is 2. The second kappa shape index (κ2) is 17.2. The molecule has 0 spiro atoms. The van der Waals surface area contributed by atoms with Gasteiger partial charge in [0.05, 0.1) is 0 Å². The second-order valence-corrected chi connectivity index (χ2v) is 21.2. The highest BCUT2D eigenvalue weighted by molar-refractivity contribution is 6.59. The van der Waals surface area contributed by atoms with Crippen molar-refractivity contribution in [1.29, 1.82) is 0 Å². The summed E-state index contributed by atoms with van der Waals surface area (Å²) in [5, 5.41) is 0. The Balaban J connectivity index is 1.04. The summed E-state index contributed by atoms with van der Waals surface area (Å²) in [6.45, 7) is 12.2. The smallest absolute Gasteiger partial charge is 0.482 e. The SMILES string of the molecule is CCC1=C(C)C2=Cc3cc4c(n3[B-](F)(F)[N+]2=C1/C=C/c1ccc(OCC(=O)OC(C)(C)C)cc1)C(C)(C)c1c-4cc2n1[B-](F)(F)[N+]1=C(/C=C/c3ccc(OCC(=O)OC(C)(C)C)cc3)C(CC)=C(C)C1=C2. The van der Waals surface area contributed by atoms with Gasteiger partial charge in [0.2, 0.25) is 0 Å². The van der Waals surface area contributed by atoms with Crippen LogP contribution in [0.5, 0.6) is 11.5 Å². The molecule has 0 saturated heterocycles. The van der Waals surface area contributed by atoms with E-state index in [2.05, 4.69) is 0 Å². The van der Waals surface area contributed by atoms with Crippen molar-refractivity contribution in [2.75, 3.05) is 13.2 Å². The highest BCUT2D eigenvalue weighted by Crippen LogP contribution is 2.56. The third-order valence-corrected chi connectivity index (χ3v) is 13.6. The molecule has 0 unspecified atom stereocenters. The van der Waals surface area contributed by atoms with Gasteiger partial charge in [-0.05, 0) is 142 Å². The number of hydrogen-bond acceptors (Lipinski definition) is 6. The van der Waals surface area contributed by atoms with Gasteiger partial charge in [-0.15, -0.1) is 0 Å². The number of fused-ring (bicyclic) bond motifs is 9. The summed E-state index contributed by atoms with van der Waals surface area (Å²) >= 11 is 0. The Hall–Kier alpha value is -6.83. The van der Waals surface area contributed by atoms with Crippen LogP contribution in [0.4, 0.5) is 17.3 Å². The van der Waals surface area contributed by atoms with E-state index in [1.54, 1.807) is 153 Å². The molecule has 0 amide bonds. The van der Waals surface area contributed by atoms with Crippen molar-refractivity contribution in [2.45, 2.75) is 113 Å². The maximum Gasteiger partial charge on any atom is 0.737 e. The quantitative estimate of drug-likeness (QED) is 0.0798. The van der Waals surface area contributed by atoms with Crippen molar-refractivity contribution in [3.05, 3.63) is 140 Å². The predicted molar refractivity (Wildman–Crippen MR) is 273 cm³/mol. The molecule has 5 aliphatic rings. The summed E-state index contributed by atoms with van der Waals surface area (Å²) in [7, 11) is 0. The first-order chi connectivity index (χ1) is 33.3. The van der Waals surface area contributed by atoms with Gasteiger partial charge in [0.25, 0.3) is 0 Å². The van der Waals surface area contributed by atoms with Crippen LogP contribution in [-0.2, 0) is 24.5 Å². The molecule has 4 aromatic rings.